The van der Waals surface area contributed by atoms with E-state index in [0.717, 1.165) is 25.7 Å². The fraction of sp³-hybridized carbons (Fsp3) is 0.267. The van der Waals surface area contributed by atoms with E-state index in [-0.39, 0.29) is 0 Å². The predicted molar refractivity (Wildman–Crippen MR) is 67.9 cm³/mol. The Balaban J connectivity index is 2.96. The van der Waals surface area contributed by atoms with Crippen LogP contribution < -0.4 is 0 Å². The van der Waals surface area contributed by atoms with Crippen LogP contribution in [0.15, 0.2) is 43.5 Å². The summed E-state index contributed by atoms with van der Waals surface area (Å²) in [5.41, 5.74) is 4.10. The van der Waals surface area contributed by atoms with E-state index >= 15 is 0 Å². The van der Waals surface area contributed by atoms with Crippen LogP contribution in [0.25, 0.3) is 0 Å². The number of hydrogen-bond donors (Lipinski definition) is 0. The van der Waals surface area contributed by atoms with Gasteiger partial charge in [-0.25, -0.2) is 0 Å². The van der Waals surface area contributed by atoms with Crippen LogP contribution in [0.1, 0.15) is 23.1 Å². The van der Waals surface area contributed by atoms with Crippen LogP contribution in [0.5, 0.6) is 0 Å². The summed E-state index contributed by atoms with van der Waals surface area (Å²) >= 11 is 0. The van der Waals surface area contributed by atoms with Gasteiger partial charge in [-0.05, 0) is 42.4 Å². The van der Waals surface area contributed by atoms with Gasteiger partial charge in [0.1, 0.15) is 0 Å². The fourth-order valence-electron chi connectivity index (χ4n) is 1.74. The Hall–Kier alpha value is -1.30. The predicted octanol–water partition coefficient (Wildman–Crippen LogP) is 3.91. The molecule has 0 bridgehead atoms. The zero-order valence-electron chi connectivity index (χ0n) is 9.34. The molecule has 0 heteroatoms. The molecule has 0 N–H and O–H groups in total. The van der Waals surface area contributed by atoms with Crippen LogP contribution in [-0.4, -0.2) is 0 Å². The van der Waals surface area contributed by atoms with E-state index in [1.54, 1.807) is 0 Å². The smallest absolute Gasteiger partial charge is 0.00972 e. The van der Waals surface area contributed by atoms with Gasteiger partial charge >= 0.3 is 0 Å². The first kappa shape index (κ1) is 11.8. The molecule has 0 fully saturated rings. The third-order valence-corrected chi connectivity index (χ3v) is 2.46. The van der Waals surface area contributed by atoms with Crippen LogP contribution in [0.4, 0.5) is 0 Å². The van der Waals surface area contributed by atoms with Gasteiger partial charge in [0.05, 0.1) is 0 Å². The van der Waals surface area contributed by atoms with Crippen molar-refractivity contribution in [3.8, 4) is 0 Å². The molecule has 0 aromatic heterocycles. The van der Waals surface area contributed by atoms with Crippen LogP contribution >= 0.6 is 0 Å². The van der Waals surface area contributed by atoms with Gasteiger partial charge in [-0.1, -0.05) is 37.3 Å². The lowest BCUT2D eigenvalue weighted by Crippen LogP contribution is -1.94. The monoisotopic (exact) mass is 199 g/mol. The van der Waals surface area contributed by atoms with Crippen molar-refractivity contribution in [1.29, 1.82) is 0 Å². The third kappa shape index (κ3) is 3.39. The minimum Gasteiger partial charge on any atom is -0.103 e. The van der Waals surface area contributed by atoms with E-state index in [4.69, 9.17) is 0 Å². The second kappa shape index (κ2) is 6.23. The minimum atomic E-state index is 0.938. The van der Waals surface area contributed by atoms with Crippen LogP contribution in [-0.2, 0) is 19.3 Å². The average molecular weight is 199 g/mol. The van der Waals surface area contributed by atoms with E-state index in [0.29, 0.717) is 0 Å². The highest BCUT2D eigenvalue weighted by Gasteiger charge is 2.01. The second-order valence-corrected chi connectivity index (χ2v) is 3.69. The topological polar surface area (TPSA) is 0 Å². The minimum absolute atomic E-state index is 0.938. The quantitative estimate of drug-likeness (QED) is 0.609. The van der Waals surface area contributed by atoms with E-state index in [2.05, 4.69) is 38.3 Å². The summed E-state index contributed by atoms with van der Waals surface area (Å²) in [6.45, 7) is 11.5. The van der Waals surface area contributed by atoms with Gasteiger partial charge in [-0.2, -0.15) is 0 Å². The molecule has 79 valence electrons. The number of benzene rings is 1. The molecule has 0 saturated heterocycles. The van der Waals surface area contributed by atoms with Crippen LogP contribution in [0.2, 0.25) is 0 Å². The lowest BCUT2D eigenvalue weighted by Gasteiger charge is -2.08. The molecule has 1 aromatic carbocycles. The Labute approximate surface area is 93.3 Å². The number of hydrogen-bond acceptors (Lipinski definition) is 0. The Morgan fingerprint density at radius 1 is 1.00 bits per heavy atom. The lowest BCUT2D eigenvalue weighted by atomic mass is 9.97. The Morgan fingerprint density at radius 3 is 2.27 bits per heavy atom. The zero-order chi connectivity index (χ0) is 11.1. The molecule has 0 heterocycles. The molecule has 0 unspecified atom stereocenters. The summed E-state index contributed by atoms with van der Waals surface area (Å²) in [6.07, 6.45) is 7.79. The van der Waals surface area contributed by atoms with Gasteiger partial charge in [-0.3, -0.25) is 0 Å². The average Bonchev–Trinajstić information content (AvgIpc) is 2.23. The molecule has 1 aromatic rings. The molecule has 0 nitrogen and oxygen atoms in total. The van der Waals surface area contributed by atoms with E-state index < -0.39 is 0 Å². The molecule has 0 atom stereocenters. The van der Waals surface area contributed by atoms with Crippen molar-refractivity contribution < 1.29 is 0 Å². The summed E-state index contributed by atoms with van der Waals surface area (Å²) in [5.74, 6) is 0. The maximum atomic E-state index is 3.88. The molecular weight excluding hydrogens is 180 g/mol. The zero-order valence-corrected chi connectivity index (χ0v) is 9.34. The first-order valence-electron chi connectivity index (χ1n) is 5.43. The summed E-state index contributed by atoms with van der Waals surface area (Å²) in [7, 11) is 0. The third-order valence-electron chi connectivity index (χ3n) is 2.46. The largest absolute Gasteiger partial charge is 0.103 e. The maximum Gasteiger partial charge on any atom is -0.00972 e. The fourth-order valence-corrected chi connectivity index (χ4v) is 1.74. The molecule has 0 aliphatic rings. The van der Waals surface area contributed by atoms with Gasteiger partial charge in [-0.15, -0.1) is 13.2 Å². The van der Waals surface area contributed by atoms with Gasteiger partial charge < -0.3 is 0 Å². The molecule has 0 aliphatic heterocycles. The van der Waals surface area contributed by atoms with Crippen molar-refractivity contribution in [1.82, 2.24) is 0 Å². The molecule has 1 radical (unpaired) electrons. The highest BCUT2D eigenvalue weighted by molar-refractivity contribution is 5.34. The Bertz CT molecular complexity index is 334. The van der Waals surface area contributed by atoms with Gasteiger partial charge in [0.2, 0.25) is 0 Å². The van der Waals surface area contributed by atoms with Gasteiger partial charge in [0.15, 0.2) is 0 Å². The number of aryl methyl sites for hydroxylation is 1. The summed E-state index contributed by atoms with van der Waals surface area (Å²) in [6, 6.07) is 6.66. The Kier molecular flexibility index (Phi) is 4.89. The van der Waals surface area contributed by atoms with Crippen molar-refractivity contribution in [2.45, 2.75) is 25.7 Å². The molecule has 1 rings (SSSR count). The van der Waals surface area contributed by atoms with Crippen molar-refractivity contribution >= 4 is 0 Å². The van der Waals surface area contributed by atoms with E-state index in [1.807, 2.05) is 12.2 Å². The van der Waals surface area contributed by atoms with Crippen LogP contribution in [0, 0.1) is 6.92 Å². The Morgan fingerprint density at radius 2 is 1.67 bits per heavy atom. The van der Waals surface area contributed by atoms with Crippen molar-refractivity contribution in [2.75, 3.05) is 0 Å². The molecule has 0 aliphatic carbocycles. The van der Waals surface area contributed by atoms with Crippen molar-refractivity contribution in [3.63, 3.8) is 0 Å². The van der Waals surface area contributed by atoms with Crippen LogP contribution in [0.3, 0.4) is 0 Å². The molecule has 15 heavy (non-hydrogen) atoms. The standard InChI is InChI=1S/C15H19/c1-4-7-13-10-11-14(8-5-2)15(12-13)9-6-3/h5-6,10-12H,1-4,7-9H2. The normalized spacial score (nSPS) is 9.93. The SMILES string of the molecule is [CH2]CCc1ccc(CC=C)c(CC=C)c1. The molecule has 0 amide bonds. The van der Waals surface area contributed by atoms with E-state index in [9.17, 15) is 0 Å². The summed E-state index contributed by atoms with van der Waals surface area (Å²) < 4.78 is 0. The highest BCUT2D eigenvalue weighted by Crippen LogP contribution is 2.15. The first-order valence-corrected chi connectivity index (χ1v) is 5.43. The van der Waals surface area contributed by atoms with Gasteiger partial charge in [0.25, 0.3) is 0 Å². The number of allylic oxidation sites excluding steroid dienone is 2. The molecule has 0 spiro atoms. The maximum absolute atomic E-state index is 3.88. The molecular formula is C15H19. The second-order valence-electron chi connectivity index (χ2n) is 3.69. The van der Waals surface area contributed by atoms with Gasteiger partial charge in [0, 0.05) is 0 Å². The lowest BCUT2D eigenvalue weighted by molar-refractivity contribution is 0.987. The summed E-state index contributed by atoms with van der Waals surface area (Å²) in [4.78, 5) is 0. The number of rotatable bonds is 6. The van der Waals surface area contributed by atoms with E-state index in [1.165, 1.54) is 16.7 Å². The van der Waals surface area contributed by atoms with Crippen molar-refractivity contribution in [2.24, 2.45) is 0 Å². The summed E-state index contributed by atoms with van der Waals surface area (Å²) in [5, 5.41) is 0. The molecule has 0 saturated carbocycles. The first-order chi connectivity index (χ1) is 7.31. The highest BCUT2D eigenvalue weighted by atomic mass is 14.1. The van der Waals surface area contributed by atoms with Crippen molar-refractivity contribution in [3.05, 3.63) is 67.1 Å².